The van der Waals surface area contributed by atoms with Gasteiger partial charge in [-0.25, -0.2) is 0 Å². The third kappa shape index (κ3) is 5.13. The zero-order valence-electron chi connectivity index (χ0n) is 20.5. The Bertz CT molecular complexity index is 1080. The number of hydrogen-bond donors (Lipinski definition) is 0. The van der Waals surface area contributed by atoms with Crippen LogP contribution in [-0.4, -0.2) is 30.4 Å². The van der Waals surface area contributed by atoms with Crippen molar-refractivity contribution in [3.05, 3.63) is 108 Å². The molecule has 0 bridgehead atoms. The first kappa shape index (κ1) is 23.8. The van der Waals surface area contributed by atoms with Gasteiger partial charge in [0.2, 0.25) is 0 Å². The molecule has 5 atom stereocenters. The van der Waals surface area contributed by atoms with Crippen LogP contribution in [0.2, 0.25) is 0 Å². The van der Waals surface area contributed by atoms with E-state index < -0.39 is 12.1 Å². The number of rotatable bonds is 8. The van der Waals surface area contributed by atoms with E-state index in [9.17, 15) is 0 Å². The van der Waals surface area contributed by atoms with Crippen LogP contribution in [0, 0.1) is 0 Å². The van der Waals surface area contributed by atoms with E-state index in [0.717, 1.165) is 42.4 Å². The molecule has 1 spiro atoms. The van der Waals surface area contributed by atoms with E-state index in [0.29, 0.717) is 13.2 Å². The van der Waals surface area contributed by atoms with Crippen LogP contribution in [0.3, 0.4) is 0 Å². The smallest absolute Gasteiger partial charge is 0.190 e. The van der Waals surface area contributed by atoms with Crippen molar-refractivity contribution in [2.45, 2.75) is 81.8 Å². The predicted octanol–water partition coefficient (Wildman–Crippen LogP) is 6.33. The summed E-state index contributed by atoms with van der Waals surface area (Å²) in [5.74, 6) is -0.542. The van der Waals surface area contributed by atoms with Crippen LogP contribution in [0.15, 0.2) is 91.0 Å². The molecule has 36 heavy (non-hydrogen) atoms. The van der Waals surface area contributed by atoms with Gasteiger partial charge in [-0.3, -0.25) is 0 Å². The van der Waals surface area contributed by atoms with Gasteiger partial charge in [0, 0.05) is 12.8 Å². The van der Waals surface area contributed by atoms with Crippen LogP contribution in [0.25, 0.3) is 0 Å². The molecule has 3 aromatic carbocycles. The highest BCUT2D eigenvalue weighted by Gasteiger charge is 2.60. The molecule has 6 rings (SSSR count). The normalized spacial score (nSPS) is 27.7. The van der Waals surface area contributed by atoms with Crippen molar-refractivity contribution in [3.63, 3.8) is 0 Å². The summed E-state index contributed by atoms with van der Waals surface area (Å²) in [6.07, 6.45) is 3.52. The van der Waals surface area contributed by atoms with Gasteiger partial charge in [0.1, 0.15) is 24.4 Å². The molecule has 5 heteroatoms. The lowest BCUT2D eigenvalue weighted by Gasteiger charge is -2.35. The largest absolute Gasteiger partial charge is 0.368 e. The molecule has 0 unspecified atom stereocenters. The standard InChI is InChI=1S/C31H34O5/c1-5-13-23(14-6-1)21-32-26(25-17-9-3-10-18-25)28-27(33-22-24-15-7-2-8-16-24)29-30(34-28)36-31(35-29)19-11-4-12-20-31/h1-3,5-10,13-18,26-30H,4,11-12,19-22H2/t26-,27+,28-,29-,30-/m1/s1. The van der Waals surface area contributed by atoms with E-state index in [1.165, 1.54) is 6.42 Å². The summed E-state index contributed by atoms with van der Waals surface area (Å²) in [6, 6.07) is 30.8. The van der Waals surface area contributed by atoms with E-state index in [1.54, 1.807) is 0 Å². The summed E-state index contributed by atoms with van der Waals surface area (Å²) in [5, 5.41) is 0. The van der Waals surface area contributed by atoms with Gasteiger partial charge < -0.3 is 23.7 Å². The lowest BCUT2D eigenvalue weighted by molar-refractivity contribution is -0.260. The van der Waals surface area contributed by atoms with Gasteiger partial charge >= 0.3 is 0 Å². The van der Waals surface area contributed by atoms with Crippen molar-refractivity contribution in [1.82, 2.24) is 0 Å². The first-order chi connectivity index (χ1) is 17.8. The van der Waals surface area contributed by atoms with Gasteiger partial charge in [0.05, 0.1) is 13.2 Å². The quantitative estimate of drug-likeness (QED) is 0.372. The maximum Gasteiger partial charge on any atom is 0.190 e. The second-order valence-electron chi connectivity index (χ2n) is 10.0. The van der Waals surface area contributed by atoms with Gasteiger partial charge in [-0.15, -0.1) is 0 Å². The van der Waals surface area contributed by atoms with E-state index in [1.807, 2.05) is 54.6 Å². The van der Waals surface area contributed by atoms with Gasteiger partial charge in [-0.1, -0.05) is 97.4 Å². The van der Waals surface area contributed by atoms with E-state index in [4.69, 9.17) is 23.7 Å². The van der Waals surface area contributed by atoms with Crippen molar-refractivity contribution >= 4 is 0 Å². The summed E-state index contributed by atoms with van der Waals surface area (Å²) in [4.78, 5) is 0. The number of hydrogen-bond acceptors (Lipinski definition) is 5. The Morgan fingerprint density at radius 2 is 1.33 bits per heavy atom. The van der Waals surface area contributed by atoms with Crippen LogP contribution < -0.4 is 0 Å². The molecule has 0 radical (unpaired) electrons. The molecule has 0 N–H and O–H groups in total. The summed E-state index contributed by atoms with van der Waals surface area (Å²) < 4.78 is 32.9. The van der Waals surface area contributed by atoms with Gasteiger partial charge in [-0.05, 0) is 29.5 Å². The molecule has 2 aliphatic heterocycles. The molecule has 3 aliphatic rings. The van der Waals surface area contributed by atoms with Crippen molar-refractivity contribution in [2.24, 2.45) is 0 Å². The molecule has 2 saturated heterocycles. The van der Waals surface area contributed by atoms with Gasteiger partial charge in [0.25, 0.3) is 0 Å². The monoisotopic (exact) mass is 486 g/mol. The van der Waals surface area contributed by atoms with Crippen molar-refractivity contribution in [3.8, 4) is 0 Å². The van der Waals surface area contributed by atoms with E-state index >= 15 is 0 Å². The lowest BCUT2D eigenvalue weighted by Crippen LogP contribution is -2.42. The fourth-order valence-electron chi connectivity index (χ4n) is 5.67. The summed E-state index contributed by atoms with van der Waals surface area (Å²) in [6.45, 7) is 0.956. The van der Waals surface area contributed by atoms with Crippen LogP contribution in [0.1, 0.15) is 54.9 Å². The average molecular weight is 487 g/mol. The first-order valence-corrected chi connectivity index (χ1v) is 13.2. The maximum absolute atomic E-state index is 6.67. The summed E-state index contributed by atoms with van der Waals surface area (Å²) in [7, 11) is 0. The zero-order chi connectivity index (χ0) is 24.2. The minimum Gasteiger partial charge on any atom is -0.368 e. The Morgan fingerprint density at radius 1 is 0.722 bits per heavy atom. The predicted molar refractivity (Wildman–Crippen MR) is 136 cm³/mol. The number of benzene rings is 3. The van der Waals surface area contributed by atoms with Crippen molar-refractivity contribution in [1.29, 1.82) is 0 Å². The minimum atomic E-state index is -0.542. The van der Waals surface area contributed by atoms with Crippen molar-refractivity contribution < 1.29 is 23.7 Å². The maximum atomic E-state index is 6.67. The van der Waals surface area contributed by atoms with Crippen LogP contribution >= 0.6 is 0 Å². The molecular weight excluding hydrogens is 452 g/mol. The number of fused-ring (bicyclic) bond motifs is 1. The van der Waals surface area contributed by atoms with Crippen LogP contribution in [0.4, 0.5) is 0 Å². The molecule has 3 fully saturated rings. The lowest BCUT2D eigenvalue weighted by atomic mass is 9.94. The fourth-order valence-corrected chi connectivity index (χ4v) is 5.67. The van der Waals surface area contributed by atoms with Crippen molar-refractivity contribution in [2.75, 3.05) is 0 Å². The third-order valence-corrected chi connectivity index (χ3v) is 7.49. The molecule has 0 amide bonds. The Hall–Kier alpha value is -2.54. The van der Waals surface area contributed by atoms with E-state index in [-0.39, 0.29) is 24.4 Å². The fraction of sp³-hybridized carbons (Fsp3) is 0.419. The Morgan fingerprint density at radius 3 is 2.00 bits per heavy atom. The molecule has 5 nitrogen and oxygen atoms in total. The Balaban J connectivity index is 1.27. The second kappa shape index (κ2) is 10.8. The summed E-state index contributed by atoms with van der Waals surface area (Å²) >= 11 is 0. The zero-order valence-corrected chi connectivity index (χ0v) is 20.5. The minimum absolute atomic E-state index is 0.289. The topological polar surface area (TPSA) is 46.2 Å². The molecule has 0 aromatic heterocycles. The molecule has 1 saturated carbocycles. The molecular formula is C31H34O5. The van der Waals surface area contributed by atoms with Crippen LogP contribution in [0.5, 0.6) is 0 Å². The first-order valence-electron chi connectivity index (χ1n) is 13.2. The molecule has 188 valence electrons. The highest BCUT2D eigenvalue weighted by molar-refractivity contribution is 5.21. The SMILES string of the molecule is c1ccc(CO[C@@H]2[C@H]3OC4(CCCCC4)O[C@H]3O[C@@H]2[C@H](OCc2ccccc2)c2ccccc2)cc1. The van der Waals surface area contributed by atoms with Crippen LogP contribution in [-0.2, 0) is 36.9 Å². The van der Waals surface area contributed by atoms with Gasteiger partial charge in [0.15, 0.2) is 12.1 Å². The van der Waals surface area contributed by atoms with Gasteiger partial charge in [-0.2, -0.15) is 0 Å². The second-order valence-corrected chi connectivity index (χ2v) is 10.0. The molecule has 3 aromatic rings. The highest BCUT2D eigenvalue weighted by Crippen LogP contribution is 2.48. The summed E-state index contributed by atoms with van der Waals surface area (Å²) in [5.41, 5.74) is 3.29. The molecule has 1 aliphatic carbocycles. The molecule has 2 heterocycles. The third-order valence-electron chi connectivity index (χ3n) is 7.49. The number of ether oxygens (including phenoxy) is 5. The van der Waals surface area contributed by atoms with E-state index in [2.05, 4.69) is 36.4 Å². The Kier molecular flexibility index (Phi) is 7.17. The Labute approximate surface area is 213 Å². The highest BCUT2D eigenvalue weighted by atomic mass is 16.8. The average Bonchev–Trinajstić information content (AvgIpc) is 3.43.